The van der Waals surface area contributed by atoms with Gasteiger partial charge in [-0.2, -0.15) is 0 Å². The van der Waals surface area contributed by atoms with Gasteiger partial charge in [0.1, 0.15) is 5.75 Å². The Morgan fingerprint density at radius 3 is 2.79 bits per heavy atom. The Morgan fingerprint density at radius 2 is 2.05 bits per heavy atom. The number of methoxy groups -OCH3 is 1. The number of carbonyl (C=O) groups is 1. The van der Waals surface area contributed by atoms with Crippen LogP contribution in [0.2, 0.25) is 0 Å². The fourth-order valence-electron chi connectivity index (χ4n) is 2.36. The molecule has 0 aliphatic heterocycles. The van der Waals surface area contributed by atoms with Gasteiger partial charge in [0, 0.05) is 6.42 Å². The van der Waals surface area contributed by atoms with Crippen molar-refractivity contribution >= 4 is 5.91 Å². The number of nitrogens with one attached hydrogen (secondary N) is 1. The van der Waals surface area contributed by atoms with Crippen LogP contribution in [0.4, 0.5) is 0 Å². The monoisotopic (exact) mass is 263 g/mol. The molecular formula is C15H21NO3. The van der Waals surface area contributed by atoms with Crippen LogP contribution in [0.25, 0.3) is 0 Å². The zero-order valence-electron chi connectivity index (χ0n) is 11.4. The predicted octanol–water partition coefficient (Wildman–Crippen LogP) is 2.62. The van der Waals surface area contributed by atoms with E-state index in [0.717, 1.165) is 24.2 Å². The van der Waals surface area contributed by atoms with Gasteiger partial charge in [-0.05, 0) is 30.9 Å². The van der Waals surface area contributed by atoms with Gasteiger partial charge in [-0.1, -0.05) is 31.0 Å². The van der Waals surface area contributed by atoms with Gasteiger partial charge >= 0.3 is 0 Å². The summed E-state index contributed by atoms with van der Waals surface area (Å²) in [4.78, 5) is 17.1. The van der Waals surface area contributed by atoms with Crippen LogP contribution in [-0.2, 0) is 16.1 Å². The number of rotatable bonds is 6. The van der Waals surface area contributed by atoms with Crippen LogP contribution in [0.3, 0.4) is 0 Å². The number of hydrogen-bond donors (Lipinski definition) is 1. The number of benzene rings is 1. The van der Waals surface area contributed by atoms with E-state index in [2.05, 4.69) is 5.48 Å². The average Bonchev–Trinajstić information content (AvgIpc) is 2.96. The Bertz CT molecular complexity index is 414. The van der Waals surface area contributed by atoms with E-state index in [-0.39, 0.29) is 12.0 Å². The first-order chi connectivity index (χ1) is 9.29. The third kappa shape index (κ3) is 4.24. The van der Waals surface area contributed by atoms with Crippen LogP contribution in [0, 0.1) is 0 Å². The van der Waals surface area contributed by atoms with Crippen LogP contribution < -0.4 is 10.2 Å². The molecule has 104 valence electrons. The van der Waals surface area contributed by atoms with E-state index in [9.17, 15) is 4.79 Å². The van der Waals surface area contributed by atoms with Crippen LogP contribution in [0.5, 0.6) is 5.75 Å². The van der Waals surface area contributed by atoms with Gasteiger partial charge in [0.25, 0.3) is 0 Å². The topological polar surface area (TPSA) is 47.6 Å². The molecule has 1 aliphatic rings. The zero-order valence-corrected chi connectivity index (χ0v) is 11.4. The number of hydroxylamine groups is 1. The fraction of sp³-hybridized carbons (Fsp3) is 0.533. The van der Waals surface area contributed by atoms with Crippen molar-refractivity contribution < 1.29 is 14.4 Å². The molecule has 1 N–H and O–H groups in total. The Morgan fingerprint density at radius 1 is 1.32 bits per heavy atom. The first-order valence-corrected chi connectivity index (χ1v) is 6.86. The summed E-state index contributed by atoms with van der Waals surface area (Å²) in [6, 6.07) is 7.75. The van der Waals surface area contributed by atoms with Gasteiger partial charge in [0.2, 0.25) is 5.91 Å². The molecule has 0 heterocycles. The van der Waals surface area contributed by atoms with Crippen molar-refractivity contribution in [3.63, 3.8) is 0 Å². The lowest BCUT2D eigenvalue weighted by molar-refractivity contribution is -0.138. The molecule has 0 unspecified atom stereocenters. The van der Waals surface area contributed by atoms with Crippen molar-refractivity contribution in [2.75, 3.05) is 7.11 Å². The van der Waals surface area contributed by atoms with Gasteiger partial charge in [-0.25, -0.2) is 5.48 Å². The quantitative estimate of drug-likeness (QED) is 0.803. The molecule has 4 nitrogen and oxygen atoms in total. The largest absolute Gasteiger partial charge is 0.496 e. The smallest absolute Gasteiger partial charge is 0.243 e. The summed E-state index contributed by atoms with van der Waals surface area (Å²) in [6.45, 7) is 0. The molecular weight excluding hydrogens is 242 g/mol. The minimum absolute atomic E-state index is 0.0715. The first-order valence-electron chi connectivity index (χ1n) is 6.86. The molecule has 2 rings (SSSR count). The molecule has 4 heteroatoms. The molecule has 19 heavy (non-hydrogen) atoms. The van der Waals surface area contributed by atoms with Crippen LogP contribution in [-0.4, -0.2) is 19.1 Å². The lowest BCUT2D eigenvalue weighted by Crippen LogP contribution is -2.28. The molecule has 0 aromatic heterocycles. The molecule has 0 bridgehead atoms. The Hall–Kier alpha value is -1.55. The second kappa shape index (κ2) is 7.14. The zero-order chi connectivity index (χ0) is 13.5. The highest BCUT2D eigenvalue weighted by Gasteiger charge is 2.16. The van der Waals surface area contributed by atoms with E-state index in [1.54, 1.807) is 7.11 Å². The van der Waals surface area contributed by atoms with Crippen molar-refractivity contribution in [2.24, 2.45) is 0 Å². The third-order valence-electron chi connectivity index (χ3n) is 3.46. The fourth-order valence-corrected chi connectivity index (χ4v) is 2.36. The van der Waals surface area contributed by atoms with E-state index in [0.29, 0.717) is 12.8 Å². The van der Waals surface area contributed by atoms with Crippen molar-refractivity contribution in [1.82, 2.24) is 5.48 Å². The van der Waals surface area contributed by atoms with Gasteiger partial charge < -0.3 is 4.74 Å². The minimum Gasteiger partial charge on any atom is -0.496 e. The second-order valence-electron chi connectivity index (χ2n) is 4.86. The molecule has 0 saturated heterocycles. The summed E-state index contributed by atoms with van der Waals surface area (Å²) < 4.78 is 5.26. The van der Waals surface area contributed by atoms with Crippen LogP contribution >= 0.6 is 0 Å². The van der Waals surface area contributed by atoms with Crippen molar-refractivity contribution in [1.29, 1.82) is 0 Å². The highest BCUT2D eigenvalue weighted by molar-refractivity contribution is 5.75. The molecule has 1 aliphatic carbocycles. The summed E-state index contributed by atoms with van der Waals surface area (Å²) >= 11 is 0. The Balaban J connectivity index is 1.73. The van der Waals surface area contributed by atoms with Crippen molar-refractivity contribution in [2.45, 2.75) is 44.6 Å². The summed E-state index contributed by atoms with van der Waals surface area (Å²) in [5.41, 5.74) is 3.60. The summed E-state index contributed by atoms with van der Waals surface area (Å²) in [7, 11) is 1.64. The lowest BCUT2D eigenvalue weighted by atomic mass is 10.1. The van der Waals surface area contributed by atoms with Gasteiger partial charge in [0.05, 0.1) is 13.2 Å². The Labute approximate surface area is 114 Å². The van der Waals surface area contributed by atoms with Gasteiger partial charge in [-0.15, -0.1) is 0 Å². The Kier molecular flexibility index (Phi) is 5.21. The van der Waals surface area contributed by atoms with E-state index in [4.69, 9.17) is 9.57 Å². The standard InChI is InChI=1S/C15H21NO3/c1-18-14-9-5-2-6-12(14)10-11-15(17)16-19-13-7-3-4-8-13/h2,5-6,9,13H,3-4,7-8,10-11H2,1H3,(H,16,17). The molecule has 1 amide bonds. The molecule has 1 aromatic carbocycles. The van der Waals surface area contributed by atoms with E-state index in [1.807, 2.05) is 24.3 Å². The average molecular weight is 263 g/mol. The molecule has 1 fully saturated rings. The molecule has 0 spiro atoms. The predicted molar refractivity (Wildman–Crippen MR) is 72.8 cm³/mol. The molecule has 0 atom stereocenters. The molecule has 1 aromatic rings. The van der Waals surface area contributed by atoms with Gasteiger partial charge in [-0.3, -0.25) is 9.63 Å². The number of hydrogen-bond acceptors (Lipinski definition) is 3. The second-order valence-corrected chi connectivity index (χ2v) is 4.86. The normalized spacial score (nSPS) is 15.4. The van der Waals surface area contributed by atoms with Crippen LogP contribution in [0.15, 0.2) is 24.3 Å². The number of carbonyl (C=O) groups excluding carboxylic acids is 1. The lowest BCUT2D eigenvalue weighted by Gasteiger charge is -2.12. The van der Waals surface area contributed by atoms with E-state index < -0.39 is 0 Å². The summed E-state index contributed by atoms with van der Waals surface area (Å²) in [5.74, 6) is 0.754. The third-order valence-corrected chi connectivity index (χ3v) is 3.46. The maximum atomic E-state index is 11.7. The number of para-hydroxylation sites is 1. The van der Waals surface area contributed by atoms with Crippen molar-refractivity contribution in [3.05, 3.63) is 29.8 Å². The van der Waals surface area contributed by atoms with Gasteiger partial charge in [0.15, 0.2) is 0 Å². The maximum absolute atomic E-state index is 11.7. The SMILES string of the molecule is COc1ccccc1CCC(=O)NOC1CCCC1. The highest BCUT2D eigenvalue weighted by atomic mass is 16.7. The number of ether oxygens (including phenoxy) is 1. The van der Waals surface area contributed by atoms with Crippen molar-refractivity contribution in [3.8, 4) is 5.75 Å². The molecule has 1 saturated carbocycles. The van der Waals surface area contributed by atoms with E-state index >= 15 is 0 Å². The highest BCUT2D eigenvalue weighted by Crippen LogP contribution is 2.20. The number of amides is 1. The minimum atomic E-state index is -0.0715. The van der Waals surface area contributed by atoms with E-state index in [1.165, 1.54) is 12.8 Å². The summed E-state index contributed by atoms with van der Waals surface area (Å²) in [5, 5.41) is 0. The molecule has 0 radical (unpaired) electrons. The maximum Gasteiger partial charge on any atom is 0.243 e. The summed E-state index contributed by atoms with van der Waals surface area (Å²) in [6.07, 6.45) is 5.76. The van der Waals surface area contributed by atoms with Crippen LogP contribution in [0.1, 0.15) is 37.7 Å². The first kappa shape index (κ1) is 13.9. The number of aryl methyl sites for hydroxylation is 1.